The summed E-state index contributed by atoms with van der Waals surface area (Å²) in [5.74, 6) is -0.195. The van der Waals surface area contributed by atoms with Crippen molar-refractivity contribution >= 4 is 16.9 Å². The summed E-state index contributed by atoms with van der Waals surface area (Å²) in [5.41, 5.74) is 0.396. The molecule has 3 heterocycles. The lowest BCUT2D eigenvalue weighted by atomic mass is 10.00. The molecule has 0 unspecified atom stereocenters. The largest absolute Gasteiger partial charge is 0.507 e. The number of alkyl halides is 3. The lowest BCUT2D eigenvalue weighted by molar-refractivity contribution is -0.137. The van der Waals surface area contributed by atoms with Gasteiger partial charge >= 0.3 is 6.18 Å². The van der Waals surface area contributed by atoms with Crippen molar-refractivity contribution < 1.29 is 23.1 Å². The Kier molecular flexibility index (Phi) is 4.48. The number of fused-ring (bicyclic) bond motifs is 1. The monoisotopic (exact) mass is 404 g/mol. The molecule has 1 atom stereocenters. The summed E-state index contributed by atoms with van der Waals surface area (Å²) in [4.78, 5) is 17.8. The van der Waals surface area contributed by atoms with Crippen molar-refractivity contribution in [1.29, 1.82) is 0 Å². The number of carbonyl (C=O) groups excluding carboxylic acids is 1. The predicted octanol–water partition coefficient (Wildman–Crippen LogP) is 3.61. The first-order chi connectivity index (χ1) is 13.6. The molecule has 0 radical (unpaired) electrons. The fraction of sp³-hybridized carbons (Fsp3) is 0.350. The number of halogens is 3. The zero-order valence-electron chi connectivity index (χ0n) is 15.9. The van der Waals surface area contributed by atoms with Crippen molar-refractivity contribution in [2.75, 3.05) is 13.6 Å². The van der Waals surface area contributed by atoms with E-state index in [2.05, 4.69) is 10.1 Å². The second-order valence-electron chi connectivity index (χ2n) is 7.49. The zero-order chi connectivity index (χ0) is 20.9. The molecular weight excluding hydrogens is 385 g/mol. The quantitative estimate of drug-likeness (QED) is 0.724. The first-order valence-electron chi connectivity index (χ1n) is 9.11. The van der Waals surface area contributed by atoms with E-state index in [4.69, 9.17) is 0 Å². The van der Waals surface area contributed by atoms with Crippen LogP contribution in [0.2, 0.25) is 0 Å². The third-order valence-electron chi connectivity index (χ3n) is 5.18. The number of aryl methyl sites for hydroxylation is 1. The summed E-state index contributed by atoms with van der Waals surface area (Å²) in [6.45, 7) is 2.75. The number of likely N-dealkylation sites (tertiary alicyclic amines) is 1. The van der Waals surface area contributed by atoms with Crippen molar-refractivity contribution in [3.05, 3.63) is 41.6 Å². The molecule has 1 saturated heterocycles. The van der Waals surface area contributed by atoms with Gasteiger partial charge in [-0.05, 0) is 36.8 Å². The Morgan fingerprint density at radius 1 is 1.28 bits per heavy atom. The number of hydrogen-bond acceptors (Lipinski definition) is 4. The van der Waals surface area contributed by atoms with Gasteiger partial charge in [-0.2, -0.15) is 18.3 Å². The van der Waals surface area contributed by atoms with Crippen LogP contribution in [0, 0.1) is 12.8 Å². The van der Waals surface area contributed by atoms with Gasteiger partial charge in [0.2, 0.25) is 5.91 Å². The molecule has 3 aromatic rings. The third kappa shape index (κ3) is 3.64. The number of aromatic hydroxyl groups is 1. The van der Waals surface area contributed by atoms with Gasteiger partial charge in [-0.3, -0.25) is 9.48 Å². The Hall–Kier alpha value is -3.10. The van der Waals surface area contributed by atoms with Gasteiger partial charge in [0.15, 0.2) is 5.65 Å². The van der Waals surface area contributed by atoms with Gasteiger partial charge in [-0.15, -0.1) is 0 Å². The smallest absolute Gasteiger partial charge is 0.416 e. The molecule has 0 spiro atoms. The molecule has 1 aromatic carbocycles. The minimum Gasteiger partial charge on any atom is -0.507 e. The number of nitrogens with zero attached hydrogens (tertiary/aromatic N) is 4. The summed E-state index contributed by atoms with van der Waals surface area (Å²) < 4.78 is 40.6. The second-order valence-corrected chi connectivity index (χ2v) is 7.49. The molecule has 1 amide bonds. The Labute approximate surface area is 164 Å². The highest BCUT2D eigenvalue weighted by Crippen LogP contribution is 2.38. The standard InChI is InChI=1S/C20H19F3N4O2/c1-11-5-14(20(21,22)23)7-16(28)18(11)15-4-3-13-10-27(25-19(13)24-15)9-12-6-17(29)26(2)8-12/h3-5,7,10,12,28H,6,8-9H2,1-2H3/t12-/m0/s1. The van der Waals surface area contributed by atoms with E-state index in [-0.39, 0.29) is 23.0 Å². The van der Waals surface area contributed by atoms with E-state index in [0.29, 0.717) is 36.9 Å². The van der Waals surface area contributed by atoms with E-state index < -0.39 is 17.5 Å². The minimum atomic E-state index is -4.54. The normalized spacial score (nSPS) is 17.5. The van der Waals surface area contributed by atoms with Gasteiger partial charge in [-0.25, -0.2) is 4.98 Å². The topological polar surface area (TPSA) is 71.2 Å². The van der Waals surface area contributed by atoms with Gasteiger partial charge in [0.05, 0.1) is 11.3 Å². The lowest BCUT2D eigenvalue weighted by Crippen LogP contribution is -2.20. The van der Waals surface area contributed by atoms with E-state index in [1.54, 1.807) is 28.8 Å². The van der Waals surface area contributed by atoms with Crippen molar-refractivity contribution in [1.82, 2.24) is 19.7 Å². The molecule has 1 fully saturated rings. The molecule has 29 heavy (non-hydrogen) atoms. The number of rotatable bonds is 3. The van der Waals surface area contributed by atoms with E-state index in [0.717, 1.165) is 11.5 Å². The average Bonchev–Trinajstić information content (AvgIpc) is 3.15. The lowest BCUT2D eigenvalue weighted by Gasteiger charge is -2.13. The number of phenolic OH excluding ortho intramolecular Hbond substituents is 1. The summed E-state index contributed by atoms with van der Waals surface area (Å²) in [5, 5.41) is 15.4. The fourth-order valence-corrected chi connectivity index (χ4v) is 3.79. The Bertz CT molecular complexity index is 1080. The molecule has 1 aliphatic rings. The van der Waals surface area contributed by atoms with Crippen LogP contribution in [0.15, 0.2) is 30.5 Å². The summed E-state index contributed by atoms with van der Waals surface area (Å²) >= 11 is 0. The number of amides is 1. The molecule has 2 aromatic heterocycles. The summed E-state index contributed by atoms with van der Waals surface area (Å²) in [6.07, 6.45) is -2.23. The van der Waals surface area contributed by atoms with Gasteiger partial charge in [0.1, 0.15) is 5.75 Å². The van der Waals surface area contributed by atoms with Crippen molar-refractivity contribution in [3.63, 3.8) is 0 Å². The van der Waals surface area contributed by atoms with E-state index in [9.17, 15) is 23.1 Å². The second kappa shape index (κ2) is 6.75. The van der Waals surface area contributed by atoms with Crippen molar-refractivity contribution in [3.8, 4) is 17.0 Å². The van der Waals surface area contributed by atoms with Crippen LogP contribution in [0.4, 0.5) is 13.2 Å². The fourth-order valence-electron chi connectivity index (χ4n) is 3.79. The highest BCUT2D eigenvalue weighted by molar-refractivity contribution is 5.80. The summed E-state index contributed by atoms with van der Waals surface area (Å²) in [7, 11) is 1.77. The van der Waals surface area contributed by atoms with E-state index in [1.165, 1.54) is 6.92 Å². The van der Waals surface area contributed by atoms with Crippen LogP contribution in [0.5, 0.6) is 5.75 Å². The van der Waals surface area contributed by atoms with Gasteiger partial charge < -0.3 is 10.0 Å². The minimum absolute atomic E-state index is 0.111. The van der Waals surface area contributed by atoms with Crippen LogP contribution in [-0.2, 0) is 17.5 Å². The first-order valence-corrected chi connectivity index (χ1v) is 9.11. The number of hydrogen-bond donors (Lipinski definition) is 1. The number of carbonyl (C=O) groups is 1. The van der Waals surface area contributed by atoms with Gasteiger partial charge in [0.25, 0.3) is 0 Å². The Morgan fingerprint density at radius 3 is 2.66 bits per heavy atom. The maximum Gasteiger partial charge on any atom is 0.416 e. The van der Waals surface area contributed by atoms with Crippen LogP contribution in [0.3, 0.4) is 0 Å². The molecule has 1 aliphatic heterocycles. The zero-order valence-corrected chi connectivity index (χ0v) is 15.9. The molecule has 1 N–H and O–H groups in total. The Balaban J connectivity index is 1.65. The third-order valence-corrected chi connectivity index (χ3v) is 5.18. The van der Waals surface area contributed by atoms with Crippen LogP contribution in [0.25, 0.3) is 22.3 Å². The number of aromatic nitrogens is 3. The highest BCUT2D eigenvalue weighted by atomic mass is 19.4. The number of phenols is 1. The maximum absolute atomic E-state index is 12.9. The molecule has 6 nitrogen and oxygen atoms in total. The molecule has 9 heteroatoms. The molecule has 152 valence electrons. The predicted molar refractivity (Wildman–Crippen MR) is 100 cm³/mol. The first kappa shape index (κ1) is 19.2. The van der Waals surface area contributed by atoms with Crippen molar-refractivity contribution in [2.24, 2.45) is 5.92 Å². The van der Waals surface area contributed by atoms with Crippen molar-refractivity contribution in [2.45, 2.75) is 26.1 Å². The van der Waals surface area contributed by atoms with Crippen LogP contribution in [0.1, 0.15) is 17.5 Å². The van der Waals surface area contributed by atoms with Crippen LogP contribution in [-0.4, -0.2) is 44.3 Å². The maximum atomic E-state index is 12.9. The highest BCUT2D eigenvalue weighted by Gasteiger charge is 2.32. The van der Waals surface area contributed by atoms with E-state index in [1.807, 2.05) is 6.20 Å². The van der Waals surface area contributed by atoms with Gasteiger partial charge in [-0.1, -0.05) is 0 Å². The number of pyridine rings is 1. The van der Waals surface area contributed by atoms with Gasteiger partial charge in [0, 0.05) is 49.6 Å². The average molecular weight is 404 g/mol. The SMILES string of the molecule is Cc1cc(C(F)(F)F)cc(O)c1-c1ccc2cn(C[C@H]3CC(=O)N(C)C3)nc2n1. The summed E-state index contributed by atoms with van der Waals surface area (Å²) in [6, 6.07) is 5.12. The molecule has 4 rings (SSSR count). The molecule has 0 aliphatic carbocycles. The van der Waals surface area contributed by atoms with Crippen LogP contribution >= 0.6 is 0 Å². The molecular formula is C20H19F3N4O2. The Morgan fingerprint density at radius 2 is 2.03 bits per heavy atom. The molecule has 0 bridgehead atoms. The molecule has 0 saturated carbocycles. The number of benzene rings is 1. The van der Waals surface area contributed by atoms with Crippen LogP contribution < -0.4 is 0 Å². The van der Waals surface area contributed by atoms with E-state index >= 15 is 0 Å².